The number of alkyl halides is 5. The number of anilines is 1. The largest absolute Gasteiger partial charge is 0.506 e. The number of phenolic OH excluding ortho intramolecular Hbond substituents is 1. The summed E-state index contributed by atoms with van der Waals surface area (Å²) in [4.78, 5) is 63.0. The molecule has 2 heterocycles. The summed E-state index contributed by atoms with van der Waals surface area (Å²) in [6, 6.07) is 19.5. The molecule has 67 heavy (non-hydrogen) atoms. The van der Waals surface area contributed by atoms with Crippen molar-refractivity contribution in [3.05, 3.63) is 105 Å². The highest BCUT2D eigenvalue weighted by atomic mass is 35.5. The third-order valence-corrected chi connectivity index (χ3v) is 12.0. The van der Waals surface area contributed by atoms with Crippen LogP contribution < -0.4 is 26.1 Å². The van der Waals surface area contributed by atoms with Crippen LogP contribution in [0, 0.1) is 0 Å². The zero-order valence-corrected chi connectivity index (χ0v) is 38.2. The second kappa shape index (κ2) is 24.3. The molecule has 8 N–H and O–H groups in total. The van der Waals surface area contributed by atoms with Gasteiger partial charge in [0, 0.05) is 62.4 Å². The van der Waals surface area contributed by atoms with Gasteiger partial charge in [-0.3, -0.25) is 14.9 Å². The van der Waals surface area contributed by atoms with Crippen LogP contribution in [0.1, 0.15) is 37.4 Å². The van der Waals surface area contributed by atoms with Gasteiger partial charge in [-0.15, -0.1) is 0 Å². The number of amides is 3. The quantitative estimate of drug-likeness (QED) is 0.0413. The fraction of sp³-hybridized carbons (Fsp3) is 0.386. The summed E-state index contributed by atoms with van der Waals surface area (Å²) >= 11 is 14.1. The van der Waals surface area contributed by atoms with Crippen LogP contribution in [0.2, 0.25) is 0 Å². The number of piperidine rings is 1. The highest BCUT2D eigenvalue weighted by Gasteiger charge is 2.39. The zero-order valence-electron chi connectivity index (χ0n) is 35.9. The van der Waals surface area contributed by atoms with Crippen molar-refractivity contribution in [2.24, 2.45) is 0 Å². The Bertz CT molecular complexity index is 2460. The molecule has 0 bridgehead atoms. The van der Waals surface area contributed by atoms with Crippen LogP contribution in [-0.2, 0) is 23.8 Å². The van der Waals surface area contributed by atoms with Gasteiger partial charge in [-0.05, 0) is 49.1 Å². The SMILES string of the molecule is COC1=CC(NC(=O)OCCCNC(=O)CCN2CCC(OC(=O)Nc3ccccc3-c3ccccc3)CC2)C(Cl)(Cl)C=C1CNC[C@H](O)c1ccc(O)c2[nH]c(=O)sc12.O=C(O)C(F)(F)F. The van der Waals surface area contributed by atoms with Crippen molar-refractivity contribution in [2.45, 2.75) is 54.4 Å². The van der Waals surface area contributed by atoms with Crippen LogP contribution in [0.25, 0.3) is 21.3 Å². The lowest BCUT2D eigenvalue weighted by molar-refractivity contribution is -0.192. The number of carbonyl (C=O) groups is 4. The van der Waals surface area contributed by atoms with E-state index in [0.717, 1.165) is 22.5 Å². The van der Waals surface area contributed by atoms with Gasteiger partial charge < -0.3 is 55.4 Å². The fourth-order valence-corrected chi connectivity index (χ4v) is 8.39. The number of methoxy groups -OCH3 is 1. The molecule has 1 aromatic heterocycles. The lowest BCUT2D eigenvalue weighted by Gasteiger charge is -2.31. The molecule has 0 radical (unpaired) electrons. The number of thiazole rings is 1. The number of aliphatic hydroxyl groups is 1. The average Bonchev–Trinajstić information content (AvgIpc) is 3.69. The van der Waals surface area contributed by atoms with Crippen molar-refractivity contribution < 1.29 is 61.9 Å². The van der Waals surface area contributed by atoms with Gasteiger partial charge >= 0.3 is 29.2 Å². The molecule has 23 heteroatoms. The molecule has 1 unspecified atom stereocenters. The summed E-state index contributed by atoms with van der Waals surface area (Å²) in [6.45, 7) is 2.62. The minimum Gasteiger partial charge on any atom is -0.506 e. The van der Waals surface area contributed by atoms with E-state index >= 15 is 0 Å². The minimum atomic E-state index is -5.08. The highest BCUT2D eigenvalue weighted by Crippen LogP contribution is 2.36. The third-order valence-electron chi connectivity index (χ3n) is 10.3. The lowest BCUT2D eigenvalue weighted by Crippen LogP contribution is -2.47. The number of carbonyl (C=O) groups excluding carboxylic acids is 3. The lowest BCUT2D eigenvalue weighted by atomic mass is 9.99. The Morgan fingerprint density at radius 2 is 1.70 bits per heavy atom. The molecule has 2 atom stereocenters. The van der Waals surface area contributed by atoms with E-state index in [4.69, 9.17) is 47.3 Å². The second-order valence-electron chi connectivity index (χ2n) is 15.1. The number of H-pyrrole nitrogens is 1. The number of aliphatic carboxylic acids is 1. The molecule has 4 aromatic rings. The predicted molar refractivity (Wildman–Crippen MR) is 245 cm³/mol. The molecule has 17 nitrogen and oxygen atoms in total. The molecule has 3 amide bonds. The summed E-state index contributed by atoms with van der Waals surface area (Å²) in [5, 5.41) is 39.5. The minimum absolute atomic E-state index is 0.0382. The summed E-state index contributed by atoms with van der Waals surface area (Å²) in [5.41, 5.74) is 3.93. The Morgan fingerprint density at radius 1 is 1.01 bits per heavy atom. The van der Waals surface area contributed by atoms with E-state index in [9.17, 15) is 42.6 Å². The van der Waals surface area contributed by atoms with Crippen LogP contribution in [0.3, 0.4) is 0 Å². The summed E-state index contributed by atoms with van der Waals surface area (Å²) in [5.74, 6) is -2.56. The Hall–Kier alpha value is -5.84. The van der Waals surface area contributed by atoms with Crippen molar-refractivity contribution in [2.75, 3.05) is 58.3 Å². The number of nitrogens with zero attached hydrogens (tertiary/aromatic N) is 1. The number of aromatic amines is 1. The summed E-state index contributed by atoms with van der Waals surface area (Å²) in [6.07, 6.45) is -2.42. The van der Waals surface area contributed by atoms with Gasteiger partial charge in [0.05, 0.1) is 36.2 Å². The molecule has 0 saturated carbocycles. The van der Waals surface area contributed by atoms with Gasteiger partial charge in [-0.1, -0.05) is 89.1 Å². The van der Waals surface area contributed by atoms with Gasteiger partial charge in [0.1, 0.15) is 23.1 Å². The highest BCUT2D eigenvalue weighted by molar-refractivity contribution is 7.16. The van der Waals surface area contributed by atoms with Gasteiger partial charge in [-0.25, -0.2) is 14.4 Å². The molecular weight excluding hydrogens is 948 g/mol. The van der Waals surface area contributed by atoms with E-state index in [2.05, 4.69) is 31.2 Å². The van der Waals surface area contributed by atoms with Crippen LogP contribution in [0.15, 0.2) is 95.0 Å². The van der Waals surface area contributed by atoms with Gasteiger partial charge in [0.25, 0.3) is 0 Å². The number of para-hydroxylation sites is 1. The number of nitrogens with one attached hydrogen (secondary N) is 5. The number of halogens is 5. The number of fused-ring (bicyclic) bond motifs is 1. The third kappa shape index (κ3) is 15.6. The van der Waals surface area contributed by atoms with Crippen molar-refractivity contribution in [3.8, 4) is 16.9 Å². The van der Waals surface area contributed by atoms with E-state index in [-0.39, 0.29) is 47.8 Å². The molecule has 1 aliphatic carbocycles. The van der Waals surface area contributed by atoms with E-state index < -0.39 is 40.8 Å². The number of alkyl carbamates (subject to hydrolysis) is 1. The smallest absolute Gasteiger partial charge is 0.490 e. The molecule has 3 aromatic carbocycles. The fourth-order valence-electron chi connectivity index (χ4n) is 6.98. The second-order valence-corrected chi connectivity index (χ2v) is 17.5. The normalized spacial score (nSPS) is 16.6. The summed E-state index contributed by atoms with van der Waals surface area (Å²) < 4.78 is 47.2. The predicted octanol–water partition coefficient (Wildman–Crippen LogP) is 6.57. The van der Waals surface area contributed by atoms with E-state index in [1.165, 1.54) is 19.3 Å². The first-order chi connectivity index (χ1) is 31.8. The molecule has 2 aliphatic rings. The topological polar surface area (TPSA) is 241 Å². The molecule has 0 spiro atoms. The van der Waals surface area contributed by atoms with Crippen LogP contribution in [-0.4, -0.2) is 125 Å². The number of aliphatic hydroxyl groups excluding tert-OH is 1. The number of ether oxygens (including phenoxy) is 3. The Morgan fingerprint density at radius 3 is 2.39 bits per heavy atom. The number of hydrogen-bond acceptors (Lipinski definition) is 13. The Kier molecular flexibility index (Phi) is 18.9. The van der Waals surface area contributed by atoms with Crippen molar-refractivity contribution in [1.29, 1.82) is 0 Å². The first kappa shape index (κ1) is 52.1. The van der Waals surface area contributed by atoms with Crippen LogP contribution in [0.4, 0.5) is 28.4 Å². The zero-order chi connectivity index (χ0) is 48.7. The number of carboxylic acid groups (broad SMARTS) is 1. The van der Waals surface area contributed by atoms with Gasteiger partial charge in [0.2, 0.25) is 5.91 Å². The van der Waals surface area contributed by atoms with Crippen LogP contribution in [0.5, 0.6) is 5.75 Å². The first-order valence-electron chi connectivity index (χ1n) is 20.8. The maximum Gasteiger partial charge on any atom is 0.490 e. The van der Waals surface area contributed by atoms with Gasteiger partial charge in [-0.2, -0.15) is 13.2 Å². The molecular formula is C44H49Cl2F3N6O11S. The maximum absolute atomic E-state index is 12.7. The number of hydrogen-bond donors (Lipinski definition) is 8. The number of carboxylic acids is 1. The number of likely N-dealkylation sites (tertiary alicyclic amines) is 1. The van der Waals surface area contributed by atoms with E-state index in [0.29, 0.717) is 79.1 Å². The van der Waals surface area contributed by atoms with Crippen molar-refractivity contribution in [3.63, 3.8) is 0 Å². The molecule has 1 fully saturated rings. The number of aromatic hydroxyl groups is 1. The number of rotatable bonds is 17. The van der Waals surface area contributed by atoms with Crippen molar-refractivity contribution in [1.82, 2.24) is 25.8 Å². The number of phenols is 1. The van der Waals surface area contributed by atoms with E-state index in [1.807, 2.05) is 54.6 Å². The first-order valence-corrected chi connectivity index (χ1v) is 22.4. The monoisotopic (exact) mass is 996 g/mol. The molecule has 6 rings (SSSR count). The number of aromatic nitrogens is 1. The standard InChI is InChI=1S/C42H48Cl2N6O9S.C2HF3O2/c1-57-34-22-35(42(43,44)23-27(34)24-45-25-33(52)30-12-13-32(51)37-38(30)60-41(56)49-37)48-39(54)58-21-7-17-46-36(53)16-20-50-18-14-28(15-19-50)59-40(55)47-31-11-6-5-10-29(31)26-8-3-2-4-9-26;3-2(4,5)1(6)7/h2-6,8-13,22-23,28,33,35,45,51-52H,7,14-21,24-25H2,1H3,(H,46,53)(H,47,55)(H,48,54)(H,49,56);(H,6,7)/t33-,35?;/m0./s1. The summed E-state index contributed by atoms with van der Waals surface area (Å²) in [7, 11) is 1.46. The Balaban J connectivity index is 0.00000111. The number of benzene rings is 3. The maximum atomic E-state index is 12.7. The van der Waals surface area contributed by atoms with Gasteiger partial charge in [0.15, 0.2) is 4.33 Å². The average molecular weight is 998 g/mol. The molecule has 362 valence electrons. The van der Waals surface area contributed by atoms with E-state index in [1.54, 1.807) is 12.1 Å². The molecule has 1 aliphatic heterocycles. The Labute approximate surface area is 395 Å². The van der Waals surface area contributed by atoms with Crippen molar-refractivity contribution >= 4 is 74.5 Å². The van der Waals surface area contributed by atoms with Crippen LogP contribution >= 0.6 is 34.5 Å². The molecule has 1 saturated heterocycles.